The highest BCUT2D eigenvalue weighted by Crippen LogP contribution is 2.19. The molecule has 0 heterocycles. The van der Waals surface area contributed by atoms with E-state index in [1.165, 1.54) is 19.3 Å². The van der Waals surface area contributed by atoms with Gasteiger partial charge in [-0.3, -0.25) is 4.79 Å². The summed E-state index contributed by atoms with van der Waals surface area (Å²) in [6.07, 6.45) is 9.27. The zero-order chi connectivity index (χ0) is 19.0. The smallest absolute Gasteiger partial charge is 0.245 e. The normalized spacial score (nSPS) is 16.9. The van der Waals surface area contributed by atoms with E-state index in [2.05, 4.69) is 36.7 Å². The minimum absolute atomic E-state index is 0.137. The molecule has 1 unspecified atom stereocenters. The molecule has 0 bridgehead atoms. The molecule has 142 valence electrons. The van der Waals surface area contributed by atoms with Crippen LogP contribution in [0.4, 0.5) is 0 Å². The molecule has 26 heavy (non-hydrogen) atoms. The highest BCUT2D eigenvalue weighted by Gasteiger charge is 2.27. The summed E-state index contributed by atoms with van der Waals surface area (Å²) in [5.74, 6) is -0.137. The van der Waals surface area contributed by atoms with Gasteiger partial charge in [-0.25, -0.2) is 0 Å². The zero-order valence-corrected chi connectivity index (χ0v) is 16.9. The first-order chi connectivity index (χ1) is 12.3. The van der Waals surface area contributed by atoms with Crippen LogP contribution in [-0.4, -0.2) is 23.2 Å². The highest BCUT2D eigenvalue weighted by atomic mass is 32.1. The lowest BCUT2D eigenvalue weighted by molar-refractivity contribution is -0.118. The second-order valence-corrected chi connectivity index (χ2v) is 8.41. The molecular formula is C21H31N3OS. The van der Waals surface area contributed by atoms with Crippen LogP contribution in [0.15, 0.2) is 36.4 Å². The van der Waals surface area contributed by atoms with E-state index < -0.39 is 0 Å². The van der Waals surface area contributed by atoms with E-state index in [1.54, 1.807) is 6.08 Å². The van der Waals surface area contributed by atoms with Crippen LogP contribution in [0.25, 0.3) is 6.08 Å². The molecule has 1 fully saturated rings. The Kier molecular flexibility index (Phi) is 7.64. The van der Waals surface area contributed by atoms with Gasteiger partial charge in [0.1, 0.15) is 6.17 Å². The van der Waals surface area contributed by atoms with Gasteiger partial charge in [0.2, 0.25) is 5.91 Å². The van der Waals surface area contributed by atoms with Crippen LogP contribution in [-0.2, 0) is 4.79 Å². The summed E-state index contributed by atoms with van der Waals surface area (Å²) in [7, 11) is 0. The minimum atomic E-state index is -0.251. The van der Waals surface area contributed by atoms with Crippen molar-refractivity contribution in [3.8, 4) is 0 Å². The Balaban J connectivity index is 1.90. The Hall–Kier alpha value is -1.88. The van der Waals surface area contributed by atoms with Gasteiger partial charge in [-0.2, -0.15) is 0 Å². The molecule has 0 aromatic heterocycles. The van der Waals surface area contributed by atoms with Gasteiger partial charge in [-0.15, -0.1) is 0 Å². The molecule has 1 atom stereocenters. The predicted molar refractivity (Wildman–Crippen MR) is 113 cm³/mol. The Morgan fingerprint density at radius 3 is 2.38 bits per heavy atom. The molecule has 1 aliphatic carbocycles. The standard InChI is InChI=1S/C21H31N3OS/c1-21(2,3)19(24-20(26)22-17-12-8-5-9-13-17)23-18(25)15-14-16-10-6-4-7-11-16/h4,6-7,10-11,14-15,17,19H,5,8-9,12-13H2,1-3H3,(H,23,25)(H2,22,24,26)/b15-14+. The third kappa shape index (κ3) is 7.16. The van der Waals surface area contributed by atoms with Crippen molar-refractivity contribution in [3.63, 3.8) is 0 Å². The van der Waals surface area contributed by atoms with Gasteiger partial charge < -0.3 is 16.0 Å². The fourth-order valence-corrected chi connectivity index (χ4v) is 3.29. The van der Waals surface area contributed by atoms with Crippen LogP contribution in [0.1, 0.15) is 58.4 Å². The molecule has 1 aliphatic rings. The first-order valence-corrected chi connectivity index (χ1v) is 9.86. The maximum Gasteiger partial charge on any atom is 0.245 e. The van der Waals surface area contributed by atoms with Gasteiger partial charge in [0.15, 0.2) is 5.11 Å². The molecule has 2 rings (SSSR count). The average molecular weight is 374 g/mol. The fraction of sp³-hybridized carbons (Fsp3) is 0.524. The first-order valence-electron chi connectivity index (χ1n) is 9.45. The fourth-order valence-electron chi connectivity index (χ4n) is 3.00. The first kappa shape index (κ1) is 20.4. The van der Waals surface area contributed by atoms with Crippen molar-refractivity contribution in [2.75, 3.05) is 0 Å². The minimum Gasteiger partial charge on any atom is -0.360 e. The predicted octanol–water partition coefficient (Wildman–Crippen LogP) is 3.99. The number of thiocarbonyl (C=S) groups is 1. The molecule has 3 N–H and O–H groups in total. The monoisotopic (exact) mass is 373 g/mol. The zero-order valence-electron chi connectivity index (χ0n) is 16.0. The van der Waals surface area contributed by atoms with E-state index in [1.807, 2.05) is 36.4 Å². The Bertz CT molecular complexity index is 616. The number of hydrogen-bond donors (Lipinski definition) is 3. The summed E-state index contributed by atoms with van der Waals surface area (Å²) in [4.78, 5) is 12.3. The van der Waals surface area contributed by atoms with Gasteiger partial charge >= 0.3 is 0 Å². The summed E-state index contributed by atoms with van der Waals surface area (Å²) < 4.78 is 0. The Morgan fingerprint density at radius 2 is 1.77 bits per heavy atom. The maximum atomic E-state index is 12.3. The molecule has 5 heteroatoms. The van der Waals surface area contributed by atoms with Crippen molar-refractivity contribution in [1.82, 2.24) is 16.0 Å². The van der Waals surface area contributed by atoms with Crippen LogP contribution in [0.5, 0.6) is 0 Å². The van der Waals surface area contributed by atoms with E-state index in [0.717, 1.165) is 18.4 Å². The number of hydrogen-bond acceptors (Lipinski definition) is 2. The van der Waals surface area contributed by atoms with Crippen LogP contribution >= 0.6 is 12.2 Å². The van der Waals surface area contributed by atoms with Crippen LogP contribution < -0.4 is 16.0 Å². The van der Waals surface area contributed by atoms with E-state index in [-0.39, 0.29) is 17.5 Å². The van der Waals surface area contributed by atoms with Crippen molar-refractivity contribution in [2.24, 2.45) is 5.41 Å². The van der Waals surface area contributed by atoms with Crippen LogP contribution in [0.3, 0.4) is 0 Å². The SMILES string of the molecule is CC(C)(C)C(NC(=O)/C=C/c1ccccc1)NC(=S)NC1CCCCC1. The maximum absolute atomic E-state index is 12.3. The third-order valence-electron chi connectivity index (χ3n) is 4.60. The van der Waals surface area contributed by atoms with E-state index in [4.69, 9.17) is 12.2 Å². The van der Waals surface area contributed by atoms with E-state index in [0.29, 0.717) is 11.2 Å². The number of amides is 1. The molecule has 1 aromatic rings. The second-order valence-electron chi connectivity index (χ2n) is 8.00. The Labute approximate surface area is 162 Å². The van der Waals surface area contributed by atoms with Crippen molar-refractivity contribution in [3.05, 3.63) is 42.0 Å². The van der Waals surface area contributed by atoms with E-state index in [9.17, 15) is 4.79 Å². The number of carbonyl (C=O) groups excluding carboxylic acids is 1. The van der Waals surface area contributed by atoms with Gasteiger partial charge in [0, 0.05) is 17.5 Å². The third-order valence-corrected chi connectivity index (χ3v) is 4.83. The summed E-state index contributed by atoms with van der Waals surface area (Å²) in [6, 6.07) is 10.2. The summed E-state index contributed by atoms with van der Waals surface area (Å²) in [5, 5.41) is 10.3. The lowest BCUT2D eigenvalue weighted by atomic mass is 9.92. The van der Waals surface area contributed by atoms with Crippen LogP contribution in [0, 0.1) is 5.41 Å². The molecule has 1 amide bonds. The summed E-state index contributed by atoms with van der Waals surface area (Å²) in [6.45, 7) is 6.24. The van der Waals surface area contributed by atoms with Gasteiger partial charge in [0.05, 0.1) is 0 Å². The van der Waals surface area contributed by atoms with Crippen molar-refractivity contribution < 1.29 is 4.79 Å². The quantitative estimate of drug-likeness (QED) is 0.415. The topological polar surface area (TPSA) is 53.2 Å². The van der Waals surface area contributed by atoms with Crippen molar-refractivity contribution in [1.29, 1.82) is 0 Å². The molecule has 0 radical (unpaired) electrons. The van der Waals surface area contributed by atoms with Gasteiger partial charge in [-0.05, 0) is 36.7 Å². The Morgan fingerprint density at radius 1 is 1.12 bits per heavy atom. The van der Waals surface area contributed by atoms with Crippen LogP contribution in [0.2, 0.25) is 0 Å². The number of nitrogens with one attached hydrogen (secondary N) is 3. The molecule has 0 aliphatic heterocycles. The van der Waals surface area contributed by atoms with Crippen molar-refractivity contribution >= 4 is 29.3 Å². The number of benzene rings is 1. The summed E-state index contributed by atoms with van der Waals surface area (Å²) >= 11 is 5.48. The number of carbonyl (C=O) groups is 1. The second kappa shape index (κ2) is 9.72. The highest BCUT2D eigenvalue weighted by molar-refractivity contribution is 7.80. The summed E-state index contributed by atoms with van der Waals surface area (Å²) in [5.41, 5.74) is 0.826. The largest absolute Gasteiger partial charge is 0.360 e. The van der Waals surface area contributed by atoms with E-state index >= 15 is 0 Å². The molecule has 1 saturated carbocycles. The molecular weight excluding hydrogens is 342 g/mol. The van der Waals surface area contributed by atoms with Gasteiger partial charge in [-0.1, -0.05) is 70.4 Å². The number of rotatable bonds is 5. The lowest BCUT2D eigenvalue weighted by Gasteiger charge is -2.34. The van der Waals surface area contributed by atoms with Crippen molar-refractivity contribution in [2.45, 2.75) is 65.1 Å². The van der Waals surface area contributed by atoms with Gasteiger partial charge in [0.25, 0.3) is 0 Å². The molecule has 4 nitrogen and oxygen atoms in total. The molecule has 1 aromatic carbocycles. The molecule has 0 saturated heterocycles. The molecule has 0 spiro atoms. The average Bonchev–Trinajstić information content (AvgIpc) is 2.60. The lowest BCUT2D eigenvalue weighted by Crippen LogP contribution is -2.58.